The topological polar surface area (TPSA) is 55.4 Å². The predicted molar refractivity (Wildman–Crippen MR) is 46.7 cm³/mol. The van der Waals surface area contributed by atoms with Crippen LogP contribution in [0.15, 0.2) is 11.8 Å². The molecule has 4 heteroatoms. The van der Waals surface area contributed by atoms with Crippen molar-refractivity contribution in [2.75, 3.05) is 6.61 Å². The molecular weight excluding hydrogens is 170 g/mol. The molecule has 1 heterocycles. The van der Waals surface area contributed by atoms with Crippen molar-refractivity contribution in [2.45, 2.75) is 26.2 Å². The lowest BCUT2D eigenvalue weighted by atomic mass is 10.1. The minimum Gasteiger partial charge on any atom is -0.463 e. The Bertz CT molecular complexity index is 245. The zero-order chi connectivity index (χ0) is 9.68. The van der Waals surface area contributed by atoms with E-state index >= 15 is 0 Å². The molecule has 0 saturated carbocycles. The minimum absolute atomic E-state index is 0.0261. The van der Waals surface area contributed by atoms with Crippen molar-refractivity contribution in [3.63, 3.8) is 0 Å². The third-order valence-corrected chi connectivity index (χ3v) is 1.73. The Hall–Kier alpha value is -1.32. The predicted octanol–water partition coefficient (Wildman–Crippen LogP) is 0.734. The molecule has 1 aliphatic rings. The summed E-state index contributed by atoms with van der Waals surface area (Å²) < 4.78 is 4.71. The van der Waals surface area contributed by atoms with E-state index in [4.69, 9.17) is 4.74 Å². The van der Waals surface area contributed by atoms with Crippen molar-refractivity contribution in [1.29, 1.82) is 0 Å². The maximum Gasteiger partial charge on any atom is 0.332 e. The van der Waals surface area contributed by atoms with Crippen molar-refractivity contribution in [3.05, 3.63) is 11.8 Å². The number of ether oxygens (including phenoxy) is 1. The van der Waals surface area contributed by atoms with Crippen molar-refractivity contribution in [3.8, 4) is 0 Å². The summed E-state index contributed by atoms with van der Waals surface area (Å²) >= 11 is 0. The minimum atomic E-state index is -0.389. The van der Waals surface area contributed by atoms with Gasteiger partial charge in [0, 0.05) is 18.2 Å². The third-order valence-electron chi connectivity index (χ3n) is 1.73. The van der Waals surface area contributed by atoms with Crippen molar-refractivity contribution < 1.29 is 14.3 Å². The molecule has 0 aliphatic carbocycles. The highest BCUT2D eigenvalue weighted by molar-refractivity contribution is 5.85. The van der Waals surface area contributed by atoms with Crippen LogP contribution < -0.4 is 5.32 Å². The first-order valence-corrected chi connectivity index (χ1v) is 4.39. The maximum absolute atomic E-state index is 11.0. The lowest BCUT2D eigenvalue weighted by Crippen LogP contribution is -2.27. The standard InChI is InChI=1S/C9H13NO3/c1-2-13-9(12)6-7-4-3-5-8(11)10-7/h6H,2-5H2,1H3,(H,10,11)/b7-6-. The summed E-state index contributed by atoms with van der Waals surface area (Å²) in [7, 11) is 0. The van der Waals surface area contributed by atoms with Gasteiger partial charge in [0.1, 0.15) is 0 Å². The number of amides is 1. The number of rotatable bonds is 2. The molecule has 0 aromatic rings. The van der Waals surface area contributed by atoms with Crippen LogP contribution in [0, 0.1) is 0 Å². The quantitative estimate of drug-likeness (QED) is 0.507. The molecule has 4 nitrogen and oxygen atoms in total. The van der Waals surface area contributed by atoms with Crippen molar-refractivity contribution in [2.24, 2.45) is 0 Å². The second-order valence-corrected chi connectivity index (χ2v) is 2.82. The number of nitrogens with one attached hydrogen (secondary N) is 1. The Morgan fingerprint density at radius 2 is 2.38 bits per heavy atom. The van der Waals surface area contributed by atoms with Crippen LogP contribution in [0.25, 0.3) is 0 Å². The van der Waals surface area contributed by atoms with Crippen LogP contribution in [-0.2, 0) is 14.3 Å². The van der Waals surface area contributed by atoms with Gasteiger partial charge in [-0.3, -0.25) is 4.79 Å². The number of carbonyl (C=O) groups excluding carboxylic acids is 2. The van der Waals surface area contributed by atoms with Crippen LogP contribution in [0.4, 0.5) is 0 Å². The maximum atomic E-state index is 11.0. The van der Waals surface area contributed by atoms with Crippen LogP contribution in [0.3, 0.4) is 0 Å². The number of piperidine rings is 1. The van der Waals surface area contributed by atoms with Gasteiger partial charge in [-0.15, -0.1) is 0 Å². The number of allylic oxidation sites excluding steroid dienone is 1. The van der Waals surface area contributed by atoms with Gasteiger partial charge in [-0.05, 0) is 19.8 Å². The van der Waals surface area contributed by atoms with Gasteiger partial charge in [0.15, 0.2) is 0 Å². The van der Waals surface area contributed by atoms with E-state index in [-0.39, 0.29) is 11.9 Å². The number of hydrogen-bond acceptors (Lipinski definition) is 3. The Labute approximate surface area is 76.9 Å². The van der Waals surface area contributed by atoms with E-state index in [1.54, 1.807) is 6.92 Å². The van der Waals surface area contributed by atoms with Gasteiger partial charge in [-0.25, -0.2) is 4.79 Å². The molecule has 13 heavy (non-hydrogen) atoms. The molecule has 1 N–H and O–H groups in total. The molecule has 0 aromatic heterocycles. The summed E-state index contributed by atoms with van der Waals surface area (Å²) in [4.78, 5) is 21.9. The summed E-state index contributed by atoms with van der Waals surface area (Å²) in [6.07, 6.45) is 3.43. The average molecular weight is 183 g/mol. The van der Waals surface area contributed by atoms with E-state index in [9.17, 15) is 9.59 Å². The molecule has 0 spiro atoms. The van der Waals surface area contributed by atoms with E-state index < -0.39 is 0 Å². The summed E-state index contributed by atoms with van der Waals surface area (Å²) in [5.74, 6) is -0.415. The monoisotopic (exact) mass is 183 g/mol. The summed E-state index contributed by atoms with van der Waals surface area (Å²) in [5, 5.41) is 2.63. The van der Waals surface area contributed by atoms with Gasteiger partial charge in [0.2, 0.25) is 5.91 Å². The van der Waals surface area contributed by atoms with Gasteiger partial charge in [0.05, 0.1) is 6.61 Å². The average Bonchev–Trinajstić information content (AvgIpc) is 2.04. The molecule has 0 unspecified atom stereocenters. The summed E-state index contributed by atoms with van der Waals surface area (Å²) in [5.41, 5.74) is 0.662. The van der Waals surface area contributed by atoms with Crippen LogP contribution in [0.1, 0.15) is 26.2 Å². The van der Waals surface area contributed by atoms with Crippen LogP contribution >= 0.6 is 0 Å². The number of hydrogen-bond donors (Lipinski definition) is 1. The lowest BCUT2D eigenvalue weighted by molar-refractivity contribution is -0.137. The number of esters is 1. The largest absolute Gasteiger partial charge is 0.463 e. The highest BCUT2D eigenvalue weighted by atomic mass is 16.5. The molecule has 0 atom stereocenters. The second kappa shape index (κ2) is 4.64. The first kappa shape index (κ1) is 9.77. The van der Waals surface area contributed by atoms with Gasteiger partial charge in [0.25, 0.3) is 0 Å². The zero-order valence-corrected chi connectivity index (χ0v) is 7.63. The fraction of sp³-hybridized carbons (Fsp3) is 0.556. The Morgan fingerprint density at radius 3 is 3.00 bits per heavy atom. The van der Waals surface area contributed by atoms with E-state index in [2.05, 4.69) is 5.32 Å². The van der Waals surface area contributed by atoms with Gasteiger partial charge in [-0.1, -0.05) is 0 Å². The molecule has 1 amide bonds. The molecule has 0 radical (unpaired) electrons. The second-order valence-electron chi connectivity index (χ2n) is 2.82. The van der Waals surface area contributed by atoms with Crippen LogP contribution in [0.2, 0.25) is 0 Å². The highest BCUT2D eigenvalue weighted by Gasteiger charge is 2.12. The fourth-order valence-corrected chi connectivity index (χ4v) is 1.18. The molecule has 72 valence electrons. The molecule has 1 aliphatic heterocycles. The molecule has 1 fully saturated rings. The Kier molecular flexibility index (Phi) is 3.49. The first-order chi connectivity index (χ1) is 6.22. The fourth-order valence-electron chi connectivity index (χ4n) is 1.18. The smallest absolute Gasteiger partial charge is 0.332 e. The van der Waals surface area contributed by atoms with Crippen LogP contribution in [0.5, 0.6) is 0 Å². The summed E-state index contributed by atoms with van der Waals surface area (Å²) in [6.45, 7) is 2.10. The molecule has 0 aromatic carbocycles. The van der Waals surface area contributed by atoms with Crippen molar-refractivity contribution in [1.82, 2.24) is 5.32 Å². The normalized spacial score (nSPS) is 19.8. The molecular formula is C9H13NO3. The third kappa shape index (κ3) is 3.27. The molecule has 1 saturated heterocycles. The van der Waals surface area contributed by atoms with E-state index in [1.807, 2.05) is 0 Å². The van der Waals surface area contributed by atoms with Gasteiger partial charge >= 0.3 is 5.97 Å². The number of carbonyl (C=O) groups is 2. The lowest BCUT2D eigenvalue weighted by Gasteiger charge is -2.14. The SMILES string of the molecule is CCOC(=O)/C=C1/CCCC(=O)N1. The molecule has 0 bridgehead atoms. The van der Waals surface area contributed by atoms with Gasteiger partial charge < -0.3 is 10.1 Å². The Morgan fingerprint density at radius 1 is 1.62 bits per heavy atom. The van der Waals surface area contributed by atoms with Crippen LogP contribution in [-0.4, -0.2) is 18.5 Å². The van der Waals surface area contributed by atoms with E-state index in [0.717, 1.165) is 12.8 Å². The first-order valence-electron chi connectivity index (χ1n) is 4.39. The van der Waals surface area contributed by atoms with E-state index in [0.29, 0.717) is 18.7 Å². The summed E-state index contributed by atoms with van der Waals surface area (Å²) in [6, 6.07) is 0. The Balaban J connectivity index is 2.49. The van der Waals surface area contributed by atoms with Gasteiger partial charge in [-0.2, -0.15) is 0 Å². The van der Waals surface area contributed by atoms with E-state index in [1.165, 1.54) is 6.08 Å². The zero-order valence-electron chi connectivity index (χ0n) is 7.63. The highest BCUT2D eigenvalue weighted by Crippen LogP contribution is 2.10. The molecule has 1 rings (SSSR count). The van der Waals surface area contributed by atoms with Crippen molar-refractivity contribution >= 4 is 11.9 Å².